The summed E-state index contributed by atoms with van der Waals surface area (Å²) in [5.41, 5.74) is 2.12. The molecule has 1 saturated heterocycles. The Hall–Kier alpha value is -1.55. The standard InChI is InChI=1S/C20H32N2O2/c1-3-4-6-9-18-10-12-19(13-11-18)21-20(23)24-17(2)16-22-14-7-5-8-15-22/h10-13,17H,3-9,14-16H2,1-2H3,(H,21,23)/t17-/m1/s1. The lowest BCUT2D eigenvalue weighted by atomic mass is 10.1. The van der Waals surface area contributed by atoms with Crippen molar-refractivity contribution in [3.05, 3.63) is 29.8 Å². The number of nitrogens with one attached hydrogen (secondary N) is 1. The number of hydrogen-bond acceptors (Lipinski definition) is 3. The van der Waals surface area contributed by atoms with Gasteiger partial charge in [0.2, 0.25) is 0 Å². The van der Waals surface area contributed by atoms with Gasteiger partial charge in [0.1, 0.15) is 6.10 Å². The van der Waals surface area contributed by atoms with Gasteiger partial charge in [-0.2, -0.15) is 0 Å². The SMILES string of the molecule is CCCCCc1ccc(NC(=O)O[C@H](C)CN2CCCCC2)cc1. The molecule has 0 aromatic heterocycles. The van der Waals surface area contributed by atoms with Gasteiger partial charge in [-0.05, 0) is 63.4 Å². The van der Waals surface area contributed by atoms with E-state index >= 15 is 0 Å². The highest BCUT2D eigenvalue weighted by atomic mass is 16.6. The van der Waals surface area contributed by atoms with Crippen LogP contribution < -0.4 is 5.32 Å². The van der Waals surface area contributed by atoms with Gasteiger partial charge in [0.25, 0.3) is 0 Å². The van der Waals surface area contributed by atoms with Crippen LogP contribution in [0.25, 0.3) is 0 Å². The zero-order valence-electron chi connectivity index (χ0n) is 15.2. The number of piperidine rings is 1. The molecule has 1 N–H and O–H groups in total. The molecule has 0 aliphatic carbocycles. The lowest BCUT2D eigenvalue weighted by molar-refractivity contribution is 0.0833. The van der Waals surface area contributed by atoms with Crippen LogP contribution in [0.5, 0.6) is 0 Å². The van der Waals surface area contributed by atoms with Gasteiger partial charge in [0.15, 0.2) is 0 Å². The van der Waals surface area contributed by atoms with E-state index in [1.165, 1.54) is 44.1 Å². The number of nitrogens with zero attached hydrogens (tertiary/aromatic N) is 1. The first-order chi connectivity index (χ1) is 11.7. The molecule has 24 heavy (non-hydrogen) atoms. The molecule has 0 saturated carbocycles. The van der Waals surface area contributed by atoms with Crippen LogP contribution in [-0.2, 0) is 11.2 Å². The molecule has 1 amide bonds. The van der Waals surface area contributed by atoms with Crippen molar-refractivity contribution in [2.24, 2.45) is 0 Å². The number of carbonyl (C=O) groups excluding carboxylic acids is 1. The number of aryl methyl sites for hydroxylation is 1. The van der Waals surface area contributed by atoms with Crippen molar-refractivity contribution in [2.75, 3.05) is 25.0 Å². The van der Waals surface area contributed by atoms with Crippen molar-refractivity contribution in [1.29, 1.82) is 0 Å². The van der Waals surface area contributed by atoms with Gasteiger partial charge in [-0.1, -0.05) is 38.3 Å². The Kier molecular flexibility index (Phi) is 8.10. The fraction of sp³-hybridized carbons (Fsp3) is 0.650. The highest BCUT2D eigenvalue weighted by Crippen LogP contribution is 2.14. The Morgan fingerprint density at radius 2 is 1.88 bits per heavy atom. The number of hydrogen-bond donors (Lipinski definition) is 1. The van der Waals surface area contributed by atoms with Gasteiger partial charge in [-0.15, -0.1) is 0 Å². The molecule has 1 heterocycles. The third kappa shape index (κ3) is 6.91. The van der Waals surface area contributed by atoms with Gasteiger partial charge < -0.3 is 4.74 Å². The fourth-order valence-corrected chi connectivity index (χ4v) is 3.21. The lowest BCUT2D eigenvalue weighted by Crippen LogP contribution is -2.37. The van der Waals surface area contributed by atoms with Crippen LogP contribution in [0.3, 0.4) is 0 Å². The minimum Gasteiger partial charge on any atom is -0.445 e. The molecule has 0 unspecified atom stereocenters. The van der Waals surface area contributed by atoms with Crippen LogP contribution >= 0.6 is 0 Å². The van der Waals surface area contributed by atoms with E-state index in [4.69, 9.17) is 4.74 Å². The molecule has 0 bridgehead atoms. The average Bonchev–Trinajstić information content (AvgIpc) is 2.57. The van der Waals surface area contributed by atoms with E-state index in [0.717, 1.165) is 31.7 Å². The largest absolute Gasteiger partial charge is 0.445 e. The summed E-state index contributed by atoms with van der Waals surface area (Å²) in [7, 11) is 0. The summed E-state index contributed by atoms with van der Waals surface area (Å²) in [6, 6.07) is 8.08. The zero-order chi connectivity index (χ0) is 17.2. The maximum Gasteiger partial charge on any atom is 0.411 e. The van der Waals surface area contributed by atoms with E-state index in [-0.39, 0.29) is 12.2 Å². The van der Waals surface area contributed by atoms with E-state index in [2.05, 4.69) is 29.3 Å². The molecule has 0 radical (unpaired) electrons. The number of amides is 1. The van der Waals surface area contributed by atoms with Gasteiger partial charge >= 0.3 is 6.09 Å². The minimum atomic E-state index is -0.363. The molecular weight excluding hydrogens is 300 g/mol. The monoisotopic (exact) mass is 332 g/mol. The van der Waals surface area contributed by atoms with Gasteiger partial charge in [-0.3, -0.25) is 10.2 Å². The summed E-state index contributed by atoms with van der Waals surface area (Å²) in [6.07, 6.45) is 8.20. The maximum atomic E-state index is 12.0. The zero-order valence-corrected chi connectivity index (χ0v) is 15.2. The second kappa shape index (κ2) is 10.3. The van der Waals surface area contributed by atoms with E-state index in [1.54, 1.807) is 0 Å². The molecule has 4 heteroatoms. The van der Waals surface area contributed by atoms with E-state index in [1.807, 2.05) is 19.1 Å². The third-order valence-electron chi connectivity index (χ3n) is 4.54. The number of rotatable bonds is 8. The summed E-state index contributed by atoms with van der Waals surface area (Å²) >= 11 is 0. The predicted molar refractivity (Wildman–Crippen MR) is 99.5 cm³/mol. The van der Waals surface area contributed by atoms with Crippen LogP contribution in [0.4, 0.5) is 10.5 Å². The number of anilines is 1. The van der Waals surface area contributed by atoms with Crippen molar-refractivity contribution >= 4 is 11.8 Å². The lowest BCUT2D eigenvalue weighted by Gasteiger charge is -2.28. The average molecular weight is 332 g/mol. The minimum absolute atomic E-state index is 0.0867. The van der Waals surface area contributed by atoms with Crippen molar-refractivity contribution < 1.29 is 9.53 Å². The Morgan fingerprint density at radius 3 is 2.54 bits per heavy atom. The Morgan fingerprint density at radius 1 is 1.17 bits per heavy atom. The third-order valence-corrected chi connectivity index (χ3v) is 4.54. The highest BCUT2D eigenvalue weighted by molar-refractivity contribution is 5.84. The molecule has 1 atom stereocenters. The first-order valence-corrected chi connectivity index (χ1v) is 9.46. The Bertz CT molecular complexity index is 481. The normalized spacial score (nSPS) is 16.6. The molecule has 0 spiro atoms. The Balaban J connectivity index is 1.70. The van der Waals surface area contributed by atoms with Crippen molar-refractivity contribution in [1.82, 2.24) is 4.90 Å². The van der Waals surface area contributed by atoms with E-state index in [0.29, 0.717) is 0 Å². The second-order valence-electron chi connectivity index (χ2n) is 6.86. The number of benzene rings is 1. The first-order valence-electron chi connectivity index (χ1n) is 9.46. The predicted octanol–water partition coefficient (Wildman–Crippen LogP) is 4.84. The molecule has 1 aromatic carbocycles. The summed E-state index contributed by atoms with van der Waals surface area (Å²) in [5.74, 6) is 0. The van der Waals surface area contributed by atoms with Crippen LogP contribution in [0.15, 0.2) is 24.3 Å². The molecule has 134 valence electrons. The van der Waals surface area contributed by atoms with Crippen LogP contribution in [0.1, 0.15) is 57.9 Å². The molecule has 4 nitrogen and oxygen atoms in total. The number of unbranched alkanes of at least 4 members (excludes halogenated alkanes) is 2. The molecule has 1 aliphatic heterocycles. The number of ether oxygens (including phenoxy) is 1. The van der Waals surface area contributed by atoms with Gasteiger partial charge in [-0.25, -0.2) is 4.79 Å². The molecule has 1 aliphatic rings. The summed E-state index contributed by atoms with van der Waals surface area (Å²) < 4.78 is 5.48. The second-order valence-corrected chi connectivity index (χ2v) is 6.86. The Labute approximate surface area is 146 Å². The summed E-state index contributed by atoms with van der Waals surface area (Å²) in [6.45, 7) is 7.24. The summed E-state index contributed by atoms with van der Waals surface area (Å²) in [5, 5.41) is 2.82. The summed E-state index contributed by atoms with van der Waals surface area (Å²) in [4.78, 5) is 14.4. The van der Waals surface area contributed by atoms with Crippen LogP contribution in [0, 0.1) is 0 Å². The van der Waals surface area contributed by atoms with Crippen LogP contribution in [0.2, 0.25) is 0 Å². The quantitative estimate of drug-likeness (QED) is 0.692. The molecule has 1 aromatic rings. The topological polar surface area (TPSA) is 41.6 Å². The van der Waals surface area contributed by atoms with Gasteiger partial charge in [0, 0.05) is 12.2 Å². The smallest absolute Gasteiger partial charge is 0.411 e. The first kappa shape index (κ1) is 18.8. The number of likely N-dealkylation sites (tertiary alicyclic amines) is 1. The number of carbonyl (C=O) groups is 1. The molecular formula is C20H32N2O2. The maximum absolute atomic E-state index is 12.0. The highest BCUT2D eigenvalue weighted by Gasteiger charge is 2.16. The fourth-order valence-electron chi connectivity index (χ4n) is 3.21. The molecule has 1 fully saturated rings. The van der Waals surface area contributed by atoms with Crippen molar-refractivity contribution in [3.8, 4) is 0 Å². The van der Waals surface area contributed by atoms with Crippen molar-refractivity contribution in [2.45, 2.75) is 64.9 Å². The van der Waals surface area contributed by atoms with Gasteiger partial charge in [0.05, 0.1) is 0 Å². The van der Waals surface area contributed by atoms with Crippen molar-refractivity contribution in [3.63, 3.8) is 0 Å². The van der Waals surface area contributed by atoms with E-state index < -0.39 is 0 Å². The van der Waals surface area contributed by atoms with Crippen LogP contribution in [-0.4, -0.2) is 36.7 Å². The molecule has 2 rings (SSSR count). The van der Waals surface area contributed by atoms with E-state index in [9.17, 15) is 4.79 Å².